The lowest BCUT2D eigenvalue weighted by Gasteiger charge is -2.34. The molecule has 0 aromatic heterocycles. The normalized spacial score (nSPS) is 15.1. The molecule has 0 heterocycles. The fourth-order valence-electron chi connectivity index (χ4n) is 2.35. The molecule has 1 aromatic carbocycles. The third-order valence-corrected chi connectivity index (χ3v) is 3.79. The molecule has 8 heteroatoms. The first kappa shape index (κ1) is 21.3. The molecule has 26 heavy (non-hydrogen) atoms. The summed E-state index contributed by atoms with van der Waals surface area (Å²) < 4.78 is 9.65. The molecule has 0 aliphatic rings. The number of nitrogens with two attached hydrogens (primary N) is 1. The van der Waals surface area contributed by atoms with E-state index in [1.54, 1.807) is 30.3 Å². The molecule has 0 aliphatic carbocycles. The number of aliphatic hydroxyl groups is 1. The topological polar surface area (TPSA) is 128 Å². The van der Waals surface area contributed by atoms with Crippen LogP contribution in [0.2, 0.25) is 0 Å². The predicted octanol–water partition coefficient (Wildman–Crippen LogP) is 0.678. The van der Waals surface area contributed by atoms with Crippen LogP contribution in [-0.2, 0) is 25.7 Å². The van der Waals surface area contributed by atoms with Crippen LogP contribution >= 0.6 is 0 Å². The number of amides is 1. The summed E-state index contributed by atoms with van der Waals surface area (Å²) >= 11 is 0. The van der Waals surface area contributed by atoms with E-state index in [2.05, 4.69) is 16.6 Å². The van der Waals surface area contributed by atoms with Crippen molar-refractivity contribution in [1.29, 1.82) is 0 Å². The average Bonchev–Trinajstić information content (AvgIpc) is 2.64. The molecule has 3 atom stereocenters. The van der Waals surface area contributed by atoms with Crippen LogP contribution in [0.3, 0.4) is 0 Å². The van der Waals surface area contributed by atoms with E-state index in [0.29, 0.717) is 5.56 Å². The maximum atomic E-state index is 12.7. The van der Waals surface area contributed by atoms with Crippen molar-refractivity contribution in [2.45, 2.75) is 37.6 Å². The van der Waals surface area contributed by atoms with E-state index >= 15 is 0 Å². The van der Waals surface area contributed by atoms with Crippen molar-refractivity contribution in [1.82, 2.24) is 5.32 Å². The molecule has 1 rings (SSSR count). The molecule has 8 nitrogen and oxygen atoms in total. The zero-order valence-electron chi connectivity index (χ0n) is 14.8. The third-order valence-electron chi connectivity index (χ3n) is 3.79. The Bertz CT molecular complexity index is 646. The Kier molecular flexibility index (Phi) is 7.95. The van der Waals surface area contributed by atoms with Gasteiger partial charge >= 0.3 is 12.1 Å². The Morgan fingerprint density at radius 1 is 1.35 bits per heavy atom. The third kappa shape index (κ3) is 4.90. The van der Waals surface area contributed by atoms with Crippen molar-refractivity contribution in [2.75, 3.05) is 7.11 Å². The molecule has 0 radical (unpaired) electrons. The lowest BCUT2D eigenvalue weighted by molar-refractivity contribution is -0.159. The summed E-state index contributed by atoms with van der Waals surface area (Å²) in [5, 5.41) is 12.3. The van der Waals surface area contributed by atoms with E-state index in [0.717, 1.165) is 7.11 Å². The highest BCUT2D eigenvalue weighted by molar-refractivity contribution is 6.13. The molecular formula is C18H24N2O6. The number of nitrogens with one attached hydrogen (secondary N) is 1. The van der Waals surface area contributed by atoms with E-state index in [4.69, 9.17) is 10.5 Å². The van der Waals surface area contributed by atoms with Gasteiger partial charge in [-0.3, -0.25) is 10.1 Å². The molecule has 3 unspecified atom stereocenters. The summed E-state index contributed by atoms with van der Waals surface area (Å²) in [6.07, 6.45) is -1.24. The first-order valence-corrected chi connectivity index (χ1v) is 7.95. The molecule has 1 amide bonds. The van der Waals surface area contributed by atoms with E-state index in [9.17, 15) is 19.5 Å². The van der Waals surface area contributed by atoms with Crippen molar-refractivity contribution in [3.05, 3.63) is 48.6 Å². The summed E-state index contributed by atoms with van der Waals surface area (Å²) in [5.41, 5.74) is 4.08. The highest BCUT2D eigenvalue weighted by Crippen LogP contribution is 2.19. The largest absolute Gasteiger partial charge is 0.467 e. The van der Waals surface area contributed by atoms with Gasteiger partial charge in [0.25, 0.3) is 0 Å². The lowest BCUT2D eigenvalue weighted by atomic mass is 9.83. The predicted molar refractivity (Wildman–Crippen MR) is 94.0 cm³/mol. The van der Waals surface area contributed by atoms with Crippen LogP contribution in [0.5, 0.6) is 0 Å². The van der Waals surface area contributed by atoms with E-state index in [1.165, 1.54) is 13.0 Å². The standard InChI is InChI=1S/C18H24N2O6/c1-4-8-14(19)15(22)18(12(2)21,16(23)25-3)20-17(24)26-11-13-9-6-5-7-10-13/h4-7,9-10,12,14,21H,1,8,11,19H2,2-3H3,(H,20,24). The second kappa shape index (κ2) is 9.69. The van der Waals surface area contributed by atoms with Gasteiger partial charge in [-0.1, -0.05) is 36.4 Å². The zero-order valence-corrected chi connectivity index (χ0v) is 14.8. The fraction of sp³-hybridized carbons (Fsp3) is 0.389. The van der Waals surface area contributed by atoms with Gasteiger partial charge in [0, 0.05) is 0 Å². The average molecular weight is 364 g/mol. The van der Waals surface area contributed by atoms with Crippen molar-refractivity contribution in [2.24, 2.45) is 5.73 Å². The number of benzene rings is 1. The minimum absolute atomic E-state index is 0.0467. The van der Waals surface area contributed by atoms with Gasteiger partial charge in [-0.25, -0.2) is 9.59 Å². The number of alkyl carbamates (subject to hydrolysis) is 1. The number of hydrogen-bond donors (Lipinski definition) is 3. The van der Waals surface area contributed by atoms with Crippen molar-refractivity contribution in [3.63, 3.8) is 0 Å². The summed E-state index contributed by atoms with van der Waals surface area (Å²) in [4.78, 5) is 37.2. The number of carbonyl (C=O) groups excluding carboxylic acids is 3. The van der Waals surface area contributed by atoms with Crippen LogP contribution in [0.4, 0.5) is 4.79 Å². The van der Waals surface area contributed by atoms with Gasteiger partial charge in [0.1, 0.15) is 6.61 Å². The lowest BCUT2D eigenvalue weighted by Crippen LogP contribution is -2.69. The van der Waals surface area contributed by atoms with Crippen molar-refractivity contribution in [3.8, 4) is 0 Å². The number of esters is 1. The van der Waals surface area contributed by atoms with Gasteiger partial charge < -0.3 is 20.3 Å². The second-order valence-corrected chi connectivity index (χ2v) is 5.66. The molecule has 4 N–H and O–H groups in total. The van der Waals surface area contributed by atoms with Crippen LogP contribution in [0.1, 0.15) is 18.9 Å². The highest BCUT2D eigenvalue weighted by Gasteiger charge is 2.54. The Balaban J connectivity index is 3.03. The van der Waals surface area contributed by atoms with Crippen LogP contribution in [-0.4, -0.2) is 47.7 Å². The van der Waals surface area contributed by atoms with Gasteiger partial charge in [0.15, 0.2) is 5.78 Å². The summed E-state index contributed by atoms with van der Waals surface area (Å²) in [7, 11) is 1.03. The Labute approximate surface area is 152 Å². The Hall–Kier alpha value is -2.71. The van der Waals surface area contributed by atoms with E-state index in [1.807, 2.05) is 0 Å². The molecule has 1 aromatic rings. The first-order valence-electron chi connectivity index (χ1n) is 7.95. The quantitative estimate of drug-likeness (QED) is 0.334. The van der Waals surface area contributed by atoms with Gasteiger partial charge in [-0.05, 0) is 18.9 Å². The Morgan fingerprint density at radius 3 is 2.46 bits per heavy atom. The SMILES string of the molecule is C=CCC(N)C(=O)C(NC(=O)OCc1ccccc1)(C(=O)OC)C(C)O. The number of carbonyl (C=O) groups is 3. The van der Waals surface area contributed by atoms with E-state index < -0.39 is 35.5 Å². The maximum Gasteiger partial charge on any atom is 0.408 e. The smallest absolute Gasteiger partial charge is 0.408 e. The summed E-state index contributed by atoms with van der Waals surface area (Å²) in [6.45, 7) is 4.56. The van der Waals surface area contributed by atoms with Gasteiger partial charge in [0.2, 0.25) is 5.54 Å². The first-order chi connectivity index (χ1) is 12.3. The minimum atomic E-state index is -2.38. The number of ether oxygens (including phenoxy) is 2. The molecule has 0 bridgehead atoms. The number of hydrogen-bond acceptors (Lipinski definition) is 7. The monoisotopic (exact) mass is 364 g/mol. The summed E-state index contributed by atoms with van der Waals surface area (Å²) in [5.74, 6) is -2.05. The molecule has 0 fully saturated rings. The van der Waals surface area contributed by atoms with Crippen molar-refractivity contribution >= 4 is 17.8 Å². The molecule has 0 spiro atoms. The van der Waals surface area contributed by atoms with Crippen molar-refractivity contribution < 1.29 is 29.0 Å². The van der Waals surface area contributed by atoms with Crippen LogP contribution < -0.4 is 11.1 Å². The number of Topliss-reactive ketones (excluding diaryl/α,β-unsaturated/α-hetero) is 1. The number of aliphatic hydroxyl groups excluding tert-OH is 1. The maximum absolute atomic E-state index is 12.7. The molecule has 0 saturated heterocycles. The van der Waals surface area contributed by atoms with Crippen LogP contribution in [0.25, 0.3) is 0 Å². The van der Waals surface area contributed by atoms with Gasteiger partial charge in [-0.15, -0.1) is 6.58 Å². The molecule has 142 valence electrons. The molecule has 0 aliphatic heterocycles. The van der Waals surface area contributed by atoms with Crippen LogP contribution in [0.15, 0.2) is 43.0 Å². The molecule has 0 saturated carbocycles. The van der Waals surface area contributed by atoms with E-state index in [-0.39, 0.29) is 13.0 Å². The van der Waals surface area contributed by atoms with Gasteiger partial charge in [0.05, 0.1) is 19.3 Å². The highest BCUT2D eigenvalue weighted by atomic mass is 16.6. The van der Waals surface area contributed by atoms with Gasteiger partial charge in [-0.2, -0.15) is 0 Å². The summed E-state index contributed by atoms with van der Waals surface area (Å²) in [6, 6.07) is 7.64. The fourth-order valence-corrected chi connectivity index (χ4v) is 2.35. The van der Waals surface area contributed by atoms with Crippen LogP contribution in [0, 0.1) is 0 Å². The second-order valence-electron chi connectivity index (χ2n) is 5.66. The number of ketones is 1. The molecular weight excluding hydrogens is 340 g/mol. The Morgan fingerprint density at radius 2 is 1.96 bits per heavy atom. The minimum Gasteiger partial charge on any atom is -0.467 e. The number of methoxy groups -OCH3 is 1. The zero-order chi connectivity index (χ0) is 19.7. The number of rotatable bonds is 9.